The quantitative estimate of drug-likeness (QED) is 0.443. The standard InChI is InChI=1S/C6H9BrO3.C6H15N/c1-2-6(9)10-4-5(8)3-7;1-4-7(5-2)6-3/h2,5,8H,1,3-4H2;4-6H2,1-3H3. The number of alkyl halides is 1. The molecule has 17 heavy (non-hydrogen) atoms. The molecule has 1 atom stereocenters. The molecule has 5 heteroatoms. The molecule has 0 rings (SSSR count). The molecule has 0 bridgehead atoms. The number of hydrogen-bond acceptors (Lipinski definition) is 4. The monoisotopic (exact) mass is 309 g/mol. The molecule has 0 spiro atoms. The fourth-order valence-electron chi connectivity index (χ4n) is 0.953. The van der Waals surface area contributed by atoms with Gasteiger partial charge in [0.25, 0.3) is 0 Å². The van der Waals surface area contributed by atoms with Gasteiger partial charge < -0.3 is 14.7 Å². The average Bonchev–Trinajstić information content (AvgIpc) is 2.38. The van der Waals surface area contributed by atoms with E-state index < -0.39 is 12.1 Å². The van der Waals surface area contributed by atoms with E-state index in [-0.39, 0.29) is 6.61 Å². The van der Waals surface area contributed by atoms with Gasteiger partial charge >= 0.3 is 5.97 Å². The Morgan fingerprint density at radius 1 is 1.41 bits per heavy atom. The summed E-state index contributed by atoms with van der Waals surface area (Å²) in [6.07, 6.45) is 0.421. The van der Waals surface area contributed by atoms with Crippen LogP contribution in [0, 0.1) is 0 Å². The van der Waals surface area contributed by atoms with E-state index in [4.69, 9.17) is 5.11 Å². The normalized spacial score (nSPS) is 11.4. The molecule has 0 saturated heterocycles. The predicted molar refractivity (Wildman–Crippen MR) is 74.4 cm³/mol. The molecule has 0 aliphatic heterocycles. The van der Waals surface area contributed by atoms with Crippen LogP contribution in [0.3, 0.4) is 0 Å². The maximum Gasteiger partial charge on any atom is 0.330 e. The molecule has 1 unspecified atom stereocenters. The van der Waals surface area contributed by atoms with Gasteiger partial charge in [-0.1, -0.05) is 43.3 Å². The van der Waals surface area contributed by atoms with Gasteiger partial charge in [0.15, 0.2) is 0 Å². The van der Waals surface area contributed by atoms with Crippen LogP contribution < -0.4 is 0 Å². The molecular weight excluding hydrogens is 286 g/mol. The average molecular weight is 310 g/mol. The molecule has 0 amide bonds. The smallest absolute Gasteiger partial charge is 0.330 e. The van der Waals surface area contributed by atoms with E-state index in [1.807, 2.05) is 0 Å². The van der Waals surface area contributed by atoms with Crippen molar-refractivity contribution in [1.29, 1.82) is 0 Å². The summed E-state index contributed by atoms with van der Waals surface area (Å²) in [4.78, 5) is 12.7. The first-order valence-electron chi connectivity index (χ1n) is 5.81. The SMILES string of the molecule is C=CC(=O)OCC(O)CBr.CCN(CC)CC. The number of ether oxygens (including phenoxy) is 1. The Balaban J connectivity index is 0. The van der Waals surface area contributed by atoms with Crippen LogP contribution in [0.4, 0.5) is 0 Å². The zero-order valence-corrected chi connectivity index (χ0v) is 12.6. The van der Waals surface area contributed by atoms with E-state index in [1.54, 1.807) is 0 Å². The molecule has 102 valence electrons. The number of carbonyl (C=O) groups is 1. The van der Waals surface area contributed by atoms with Crippen LogP contribution in [0.2, 0.25) is 0 Å². The van der Waals surface area contributed by atoms with Crippen molar-refractivity contribution in [2.75, 3.05) is 31.6 Å². The molecule has 0 aromatic heterocycles. The van der Waals surface area contributed by atoms with Crippen LogP contribution in [0.15, 0.2) is 12.7 Å². The van der Waals surface area contributed by atoms with Gasteiger partial charge in [-0.05, 0) is 19.6 Å². The molecule has 0 radical (unpaired) electrons. The first-order valence-corrected chi connectivity index (χ1v) is 6.93. The molecule has 0 saturated carbocycles. The third-order valence-electron chi connectivity index (χ3n) is 2.10. The van der Waals surface area contributed by atoms with Crippen LogP contribution in [-0.4, -0.2) is 53.7 Å². The summed E-state index contributed by atoms with van der Waals surface area (Å²) in [5, 5.41) is 9.24. The van der Waals surface area contributed by atoms with Crippen LogP contribution in [-0.2, 0) is 9.53 Å². The van der Waals surface area contributed by atoms with E-state index in [2.05, 4.69) is 52.9 Å². The first-order chi connectivity index (χ1) is 8.05. The molecule has 4 nitrogen and oxygen atoms in total. The summed E-state index contributed by atoms with van der Waals surface area (Å²) in [5.41, 5.74) is 0. The minimum absolute atomic E-state index is 0.0100. The van der Waals surface area contributed by atoms with E-state index >= 15 is 0 Å². The van der Waals surface area contributed by atoms with Crippen LogP contribution in [0.1, 0.15) is 20.8 Å². The Bertz CT molecular complexity index is 191. The zero-order valence-electron chi connectivity index (χ0n) is 11.0. The Labute approximate surface area is 113 Å². The zero-order chi connectivity index (χ0) is 13.7. The Hall–Kier alpha value is -0.390. The molecule has 0 aliphatic rings. The molecule has 0 heterocycles. The fraction of sp³-hybridized carbons (Fsp3) is 0.750. The van der Waals surface area contributed by atoms with Crippen LogP contribution in [0.5, 0.6) is 0 Å². The highest BCUT2D eigenvalue weighted by Crippen LogP contribution is 1.91. The number of aliphatic hydroxyl groups excluding tert-OH is 1. The van der Waals surface area contributed by atoms with Gasteiger partial charge in [0.05, 0.1) is 6.10 Å². The predicted octanol–water partition coefficient (Wildman–Crippen LogP) is 1.82. The second-order valence-corrected chi connectivity index (χ2v) is 3.91. The molecule has 0 fully saturated rings. The number of esters is 1. The fourth-order valence-corrected chi connectivity index (χ4v) is 1.14. The van der Waals surface area contributed by atoms with Gasteiger partial charge in [0.2, 0.25) is 0 Å². The van der Waals surface area contributed by atoms with Gasteiger partial charge in [-0.15, -0.1) is 0 Å². The van der Waals surface area contributed by atoms with Gasteiger partial charge in [-0.3, -0.25) is 0 Å². The molecule has 0 aliphatic carbocycles. The van der Waals surface area contributed by atoms with E-state index in [9.17, 15) is 4.79 Å². The van der Waals surface area contributed by atoms with E-state index in [0.29, 0.717) is 5.33 Å². The number of aliphatic hydroxyl groups is 1. The highest BCUT2D eigenvalue weighted by atomic mass is 79.9. The summed E-state index contributed by atoms with van der Waals surface area (Å²) in [6, 6.07) is 0. The third kappa shape index (κ3) is 13.5. The lowest BCUT2D eigenvalue weighted by atomic mass is 10.4. The maximum absolute atomic E-state index is 10.4. The summed E-state index contributed by atoms with van der Waals surface area (Å²) >= 11 is 3.02. The first kappa shape index (κ1) is 19.0. The largest absolute Gasteiger partial charge is 0.460 e. The summed E-state index contributed by atoms with van der Waals surface area (Å²) in [5.74, 6) is -0.514. The minimum Gasteiger partial charge on any atom is -0.460 e. The molecule has 1 N–H and O–H groups in total. The van der Waals surface area contributed by atoms with Crippen LogP contribution >= 0.6 is 15.9 Å². The molecule has 0 aromatic carbocycles. The molecule has 0 aromatic rings. The van der Waals surface area contributed by atoms with Crippen molar-refractivity contribution < 1.29 is 14.6 Å². The second-order valence-electron chi connectivity index (χ2n) is 3.26. The summed E-state index contributed by atoms with van der Waals surface area (Å²) in [6.45, 7) is 13.3. The van der Waals surface area contributed by atoms with Crippen molar-refractivity contribution in [2.45, 2.75) is 26.9 Å². The highest BCUT2D eigenvalue weighted by Gasteiger charge is 2.03. The number of rotatable bonds is 7. The Morgan fingerprint density at radius 2 is 1.88 bits per heavy atom. The Kier molecular flexibility index (Phi) is 15.3. The van der Waals surface area contributed by atoms with Crippen molar-refractivity contribution in [1.82, 2.24) is 4.90 Å². The number of nitrogens with zero attached hydrogens (tertiary/aromatic N) is 1. The van der Waals surface area contributed by atoms with E-state index in [1.165, 1.54) is 19.6 Å². The minimum atomic E-state index is -0.635. The number of carbonyl (C=O) groups excluding carboxylic acids is 1. The topological polar surface area (TPSA) is 49.8 Å². The van der Waals surface area contributed by atoms with Gasteiger partial charge in [0.1, 0.15) is 6.61 Å². The maximum atomic E-state index is 10.4. The lowest BCUT2D eigenvalue weighted by Gasteiger charge is -2.13. The lowest BCUT2D eigenvalue weighted by molar-refractivity contribution is -0.140. The second kappa shape index (κ2) is 13.7. The Morgan fingerprint density at radius 3 is 2.12 bits per heavy atom. The molecular formula is C12H24BrNO3. The van der Waals surface area contributed by atoms with Gasteiger partial charge in [0, 0.05) is 11.4 Å². The summed E-state index contributed by atoms with van der Waals surface area (Å²) < 4.78 is 4.51. The van der Waals surface area contributed by atoms with Crippen molar-refractivity contribution in [3.8, 4) is 0 Å². The van der Waals surface area contributed by atoms with Crippen molar-refractivity contribution in [3.63, 3.8) is 0 Å². The van der Waals surface area contributed by atoms with Crippen LogP contribution in [0.25, 0.3) is 0 Å². The highest BCUT2D eigenvalue weighted by molar-refractivity contribution is 9.09. The van der Waals surface area contributed by atoms with Crippen molar-refractivity contribution in [2.24, 2.45) is 0 Å². The van der Waals surface area contributed by atoms with E-state index in [0.717, 1.165) is 6.08 Å². The van der Waals surface area contributed by atoms with Gasteiger partial charge in [-0.25, -0.2) is 4.79 Å². The van der Waals surface area contributed by atoms with Crippen molar-refractivity contribution in [3.05, 3.63) is 12.7 Å². The number of hydrogen-bond donors (Lipinski definition) is 1. The van der Waals surface area contributed by atoms with Gasteiger partial charge in [-0.2, -0.15) is 0 Å². The summed E-state index contributed by atoms with van der Waals surface area (Å²) in [7, 11) is 0. The third-order valence-corrected chi connectivity index (χ3v) is 2.85. The van der Waals surface area contributed by atoms with Crippen molar-refractivity contribution >= 4 is 21.9 Å². The number of halogens is 1. The lowest BCUT2D eigenvalue weighted by Crippen LogP contribution is -2.21.